The molecule has 160 valence electrons. The summed E-state index contributed by atoms with van der Waals surface area (Å²) in [4.78, 5) is 38.6. The summed E-state index contributed by atoms with van der Waals surface area (Å²) >= 11 is 6.37. The number of hydrogen-bond acceptors (Lipinski definition) is 6. The van der Waals surface area contributed by atoms with Gasteiger partial charge in [-0.25, -0.2) is 4.79 Å². The molecule has 1 N–H and O–H groups in total. The van der Waals surface area contributed by atoms with Crippen LogP contribution in [0.1, 0.15) is 41.0 Å². The average Bonchev–Trinajstić information content (AvgIpc) is 3.00. The van der Waals surface area contributed by atoms with Crippen LogP contribution in [0, 0.1) is 11.8 Å². The molecule has 0 radical (unpaired) electrons. The van der Waals surface area contributed by atoms with Crippen LogP contribution in [-0.2, 0) is 23.9 Å². The minimum atomic E-state index is -1.71. The van der Waals surface area contributed by atoms with Crippen molar-refractivity contribution in [3.8, 4) is 0 Å². The van der Waals surface area contributed by atoms with Crippen molar-refractivity contribution in [3.05, 3.63) is 57.6 Å². The Bertz CT molecular complexity index is 978. The summed E-state index contributed by atoms with van der Waals surface area (Å²) in [6.07, 6.45) is 6.76. The van der Waals surface area contributed by atoms with Gasteiger partial charge in [-0.05, 0) is 31.9 Å². The number of aliphatic hydroxyl groups excluding tert-OH is 1. The molecule has 0 aromatic heterocycles. The lowest BCUT2D eigenvalue weighted by molar-refractivity contribution is -0.153. The smallest absolute Gasteiger partial charge is 0.343 e. The van der Waals surface area contributed by atoms with Crippen molar-refractivity contribution in [1.82, 2.24) is 0 Å². The first-order chi connectivity index (χ1) is 14.0. The number of halogens is 1. The number of ketones is 2. The first-order valence-electron chi connectivity index (χ1n) is 9.95. The zero-order chi connectivity index (χ0) is 22.4. The predicted octanol–water partition coefficient (Wildman–Crippen LogP) is 3.66. The summed E-state index contributed by atoms with van der Waals surface area (Å²) < 4.78 is 11.1. The molecule has 0 fully saturated rings. The van der Waals surface area contributed by atoms with Gasteiger partial charge in [0, 0.05) is 22.6 Å². The minimum absolute atomic E-state index is 0.0877. The van der Waals surface area contributed by atoms with E-state index in [2.05, 4.69) is 13.8 Å². The predicted molar refractivity (Wildman–Crippen MR) is 111 cm³/mol. The molecule has 3 aliphatic rings. The molecule has 7 heteroatoms. The monoisotopic (exact) mass is 432 g/mol. The van der Waals surface area contributed by atoms with E-state index in [1.807, 2.05) is 6.08 Å². The molecule has 0 bridgehead atoms. The van der Waals surface area contributed by atoms with Crippen LogP contribution < -0.4 is 0 Å². The fraction of sp³-hybridized carbons (Fsp3) is 0.435. The van der Waals surface area contributed by atoms with Crippen LogP contribution in [-0.4, -0.2) is 34.3 Å². The maximum Gasteiger partial charge on any atom is 0.343 e. The molecule has 1 aliphatic carbocycles. The molecule has 0 amide bonds. The first-order valence-corrected chi connectivity index (χ1v) is 10.3. The highest BCUT2D eigenvalue weighted by atomic mass is 35.5. The number of carbonyl (C=O) groups is 3. The Morgan fingerprint density at radius 1 is 1.30 bits per heavy atom. The van der Waals surface area contributed by atoms with E-state index in [0.717, 1.165) is 6.42 Å². The van der Waals surface area contributed by atoms with Crippen LogP contribution in [0.5, 0.6) is 0 Å². The van der Waals surface area contributed by atoms with Gasteiger partial charge in [-0.2, -0.15) is 0 Å². The van der Waals surface area contributed by atoms with Gasteiger partial charge in [0.15, 0.2) is 11.4 Å². The van der Waals surface area contributed by atoms with E-state index < -0.39 is 35.2 Å². The van der Waals surface area contributed by atoms with Crippen molar-refractivity contribution in [1.29, 1.82) is 0 Å². The number of rotatable bonds is 6. The molecule has 0 aromatic rings. The summed E-state index contributed by atoms with van der Waals surface area (Å²) in [7, 11) is 0. The van der Waals surface area contributed by atoms with Gasteiger partial charge in [0.1, 0.15) is 11.3 Å². The molecule has 0 saturated heterocycles. The Hall–Kier alpha value is -2.44. The van der Waals surface area contributed by atoms with Crippen molar-refractivity contribution in [3.63, 3.8) is 0 Å². The second-order valence-corrected chi connectivity index (χ2v) is 8.44. The lowest BCUT2D eigenvalue weighted by Crippen LogP contribution is -2.42. The second kappa shape index (κ2) is 8.00. The van der Waals surface area contributed by atoms with Gasteiger partial charge in [0.25, 0.3) is 0 Å². The Morgan fingerprint density at radius 3 is 2.57 bits per heavy atom. The first kappa shape index (κ1) is 22.2. The third kappa shape index (κ3) is 3.48. The topological polar surface area (TPSA) is 89.9 Å². The lowest BCUT2D eigenvalue weighted by Gasteiger charge is -2.33. The van der Waals surface area contributed by atoms with E-state index in [9.17, 15) is 19.5 Å². The van der Waals surface area contributed by atoms with Crippen LogP contribution in [0.25, 0.3) is 0 Å². The molecule has 0 aromatic carbocycles. The van der Waals surface area contributed by atoms with Crippen molar-refractivity contribution in [2.75, 3.05) is 0 Å². The quantitative estimate of drug-likeness (QED) is 0.509. The highest BCUT2D eigenvalue weighted by Gasteiger charge is 2.57. The van der Waals surface area contributed by atoms with Crippen molar-refractivity contribution >= 4 is 29.1 Å². The van der Waals surface area contributed by atoms with Gasteiger partial charge in [-0.15, -0.1) is 0 Å². The van der Waals surface area contributed by atoms with Crippen molar-refractivity contribution in [2.24, 2.45) is 11.8 Å². The zero-order valence-corrected chi connectivity index (χ0v) is 18.4. The lowest BCUT2D eigenvalue weighted by atomic mass is 9.74. The van der Waals surface area contributed by atoms with E-state index in [1.165, 1.54) is 27.0 Å². The highest BCUT2D eigenvalue weighted by molar-refractivity contribution is 6.46. The maximum absolute atomic E-state index is 13.0. The van der Waals surface area contributed by atoms with Gasteiger partial charge in [0.05, 0.1) is 17.4 Å². The molecular formula is C23H25ClO6. The molecule has 0 spiro atoms. The Labute approximate surface area is 180 Å². The number of carbonyl (C=O) groups excluding carboxylic acids is 3. The van der Waals surface area contributed by atoms with Gasteiger partial charge in [0.2, 0.25) is 5.78 Å². The van der Waals surface area contributed by atoms with Crippen molar-refractivity contribution < 1.29 is 29.0 Å². The third-order valence-electron chi connectivity index (χ3n) is 5.87. The van der Waals surface area contributed by atoms with E-state index in [-0.39, 0.29) is 16.2 Å². The normalized spacial score (nSPS) is 26.5. The fourth-order valence-electron chi connectivity index (χ4n) is 3.48. The Kier molecular flexibility index (Phi) is 5.94. The van der Waals surface area contributed by atoms with E-state index >= 15 is 0 Å². The molecule has 4 atom stereocenters. The molecular weight excluding hydrogens is 408 g/mol. The molecule has 2 aliphatic heterocycles. The molecule has 0 unspecified atom stereocenters. The van der Waals surface area contributed by atoms with Crippen molar-refractivity contribution in [2.45, 2.75) is 52.7 Å². The minimum Gasteiger partial charge on any atom is -0.464 e. The number of ether oxygens (including phenoxy) is 2. The SMILES string of the molecule is CC[C@H](C)C=CC1=CC2=C(Cl)C(=O)[C@@]3(C)OC(=O)C(C(=O)[C@@H](C)[C@@H](C)O)=C3C2=CO1. The van der Waals surface area contributed by atoms with Crippen LogP contribution in [0.3, 0.4) is 0 Å². The van der Waals surface area contributed by atoms with Gasteiger partial charge in [-0.3, -0.25) is 9.59 Å². The van der Waals surface area contributed by atoms with E-state index in [4.69, 9.17) is 21.1 Å². The molecule has 30 heavy (non-hydrogen) atoms. The Balaban J connectivity index is 2.15. The summed E-state index contributed by atoms with van der Waals surface area (Å²) in [6, 6.07) is 0. The van der Waals surface area contributed by atoms with Crippen LogP contribution in [0.15, 0.2) is 57.6 Å². The molecule has 2 heterocycles. The second-order valence-electron chi connectivity index (χ2n) is 8.06. The molecule has 0 saturated carbocycles. The van der Waals surface area contributed by atoms with E-state index in [1.54, 1.807) is 12.2 Å². The third-order valence-corrected chi connectivity index (χ3v) is 6.25. The summed E-state index contributed by atoms with van der Waals surface area (Å²) in [5.74, 6) is -2.12. The van der Waals surface area contributed by atoms with Gasteiger partial charge >= 0.3 is 5.97 Å². The zero-order valence-electron chi connectivity index (χ0n) is 17.6. The maximum atomic E-state index is 13.0. The Morgan fingerprint density at radius 2 is 1.97 bits per heavy atom. The number of fused-ring (bicyclic) bond motifs is 3. The van der Waals surface area contributed by atoms with Gasteiger partial charge in [-0.1, -0.05) is 44.9 Å². The summed E-state index contributed by atoms with van der Waals surface area (Å²) in [5.41, 5.74) is -1.10. The summed E-state index contributed by atoms with van der Waals surface area (Å²) in [6.45, 7) is 8.53. The average molecular weight is 433 g/mol. The number of esters is 1. The van der Waals surface area contributed by atoms with Crippen LogP contribution in [0.4, 0.5) is 0 Å². The number of hydrogen-bond donors (Lipinski definition) is 1. The van der Waals surface area contributed by atoms with Crippen LogP contribution >= 0.6 is 11.6 Å². The standard InChI is InChI=1S/C23H25ClO6/c1-6-11(2)7-8-14-9-15-16(10-29-14)18-17(20(26)12(3)13(4)25)22(28)30-23(18,5)21(27)19(15)24/h7-13,25H,6H2,1-5H3/t11-,12-,13+,23-/m0/s1. The number of aliphatic hydroxyl groups is 1. The largest absolute Gasteiger partial charge is 0.464 e. The number of allylic oxidation sites excluding steroid dienone is 4. The fourth-order valence-corrected chi connectivity index (χ4v) is 3.82. The molecule has 3 rings (SSSR count). The highest BCUT2D eigenvalue weighted by Crippen LogP contribution is 2.49. The van der Waals surface area contributed by atoms with Gasteiger partial charge < -0.3 is 14.6 Å². The molecule has 6 nitrogen and oxygen atoms in total. The summed E-state index contributed by atoms with van der Waals surface area (Å²) in [5, 5.41) is 9.75. The number of Topliss-reactive ketones (excluding diaryl/α,β-unsaturated/α-hetero) is 2. The van der Waals surface area contributed by atoms with E-state index in [0.29, 0.717) is 22.8 Å². The van der Waals surface area contributed by atoms with Crippen LogP contribution in [0.2, 0.25) is 0 Å².